The minimum Gasteiger partial charge on any atom is -0.387 e. The predicted molar refractivity (Wildman–Crippen MR) is 73.2 cm³/mol. The molecule has 1 saturated heterocycles. The highest BCUT2D eigenvalue weighted by Gasteiger charge is 2.33. The molecule has 1 aliphatic heterocycles. The van der Waals surface area contributed by atoms with E-state index < -0.39 is 12.3 Å². The van der Waals surface area contributed by atoms with Crippen molar-refractivity contribution in [3.63, 3.8) is 0 Å². The third kappa shape index (κ3) is 2.01. The quantitative estimate of drug-likeness (QED) is 0.763. The zero-order chi connectivity index (χ0) is 14.3. The van der Waals surface area contributed by atoms with Gasteiger partial charge in [0.2, 0.25) is 0 Å². The Bertz CT molecular complexity index is 613. The number of hydrogen-bond acceptors (Lipinski definition) is 7. The fourth-order valence-electron chi connectivity index (χ4n) is 2.40. The zero-order valence-corrected chi connectivity index (χ0v) is 11.5. The molecular formula is C12H18N6O2. The lowest BCUT2D eigenvalue weighted by atomic mass is 10.1. The average Bonchev–Trinajstić information content (AvgIpc) is 2.85. The molecule has 8 nitrogen and oxygen atoms in total. The van der Waals surface area contributed by atoms with Crippen molar-refractivity contribution in [3.8, 4) is 0 Å². The first-order valence-corrected chi connectivity index (χ1v) is 6.49. The van der Waals surface area contributed by atoms with Crippen LogP contribution in [0.5, 0.6) is 0 Å². The molecule has 0 amide bonds. The van der Waals surface area contributed by atoms with Crippen LogP contribution in [-0.2, 0) is 4.74 Å². The molecule has 2 aromatic rings. The Morgan fingerprint density at radius 1 is 1.40 bits per heavy atom. The Kier molecular flexibility index (Phi) is 3.28. The van der Waals surface area contributed by atoms with Crippen LogP contribution in [0, 0.1) is 0 Å². The van der Waals surface area contributed by atoms with Gasteiger partial charge in [-0.25, -0.2) is 15.0 Å². The van der Waals surface area contributed by atoms with Crippen LogP contribution in [0.15, 0.2) is 12.7 Å². The van der Waals surface area contributed by atoms with Gasteiger partial charge in [0.05, 0.1) is 12.9 Å². The Balaban J connectivity index is 2.06. The third-order valence-electron chi connectivity index (χ3n) is 3.51. The highest BCUT2D eigenvalue weighted by molar-refractivity contribution is 5.83. The summed E-state index contributed by atoms with van der Waals surface area (Å²) in [6.07, 6.45) is 2.39. The lowest BCUT2D eigenvalue weighted by molar-refractivity contribution is -0.121. The van der Waals surface area contributed by atoms with E-state index in [0.29, 0.717) is 24.2 Å². The number of aliphatic hydroxyl groups excluding tert-OH is 1. The molecule has 0 bridgehead atoms. The topological polar surface area (TPSA) is 102 Å². The van der Waals surface area contributed by atoms with Gasteiger partial charge in [0.1, 0.15) is 12.4 Å². The first-order chi connectivity index (χ1) is 9.59. The molecule has 108 valence electrons. The van der Waals surface area contributed by atoms with Crippen molar-refractivity contribution < 1.29 is 9.84 Å². The number of nitrogens with zero attached hydrogens (tertiary/aromatic N) is 5. The summed E-state index contributed by atoms with van der Waals surface area (Å²) in [6, 6.07) is -0.304. The summed E-state index contributed by atoms with van der Waals surface area (Å²) >= 11 is 0. The summed E-state index contributed by atoms with van der Waals surface area (Å²) in [7, 11) is 3.78. The van der Waals surface area contributed by atoms with E-state index in [1.54, 1.807) is 10.9 Å². The van der Waals surface area contributed by atoms with Gasteiger partial charge in [-0.15, -0.1) is 0 Å². The number of fused-ring (bicyclic) bond motifs is 1. The summed E-state index contributed by atoms with van der Waals surface area (Å²) in [5.74, 6) is 0.725. The lowest BCUT2D eigenvalue weighted by Crippen LogP contribution is -2.46. The van der Waals surface area contributed by atoms with Crippen LogP contribution in [0.2, 0.25) is 0 Å². The van der Waals surface area contributed by atoms with Crippen LogP contribution in [0.1, 0.15) is 12.6 Å². The number of rotatable bonds is 2. The van der Waals surface area contributed by atoms with Crippen LogP contribution in [0.4, 0.5) is 5.82 Å². The van der Waals surface area contributed by atoms with E-state index in [-0.39, 0.29) is 6.04 Å². The maximum atomic E-state index is 10.2. The Labute approximate surface area is 116 Å². The van der Waals surface area contributed by atoms with E-state index in [4.69, 9.17) is 10.5 Å². The molecule has 0 aliphatic carbocycles. The van der Waals surface area contributed by atoms with Crippen molar-refractivity contribution in [1.82, 2.24) is 19.5 Å². The highest BCUT2D eigenvalue weighted by atomic mass is 16.5. The van der Waals surface area contributed by atoms with Crippen molar-refractivity contribution >= 4 is 17.0 Å². The SMILES string of the molecule is CN(C)c1ncnc2c1ncn2[C@@H]1OCC[C@@H](N)[C@H]1O. The zero-order valence-electron chi connectivity index (χ0n) is 11.5. The molecule has 3 rings (SSSR count). The molecule has 0 unspecified atom stereocenters. The van der Waals surface area contributed by atoms with Crippen molar-refractivity contribution in [2.75, 3.05) is 25.6 Å². The van der Waals surface area contributed by atoms with Crippen LogP contribution < -0.4 is 10.6 Å². The maximum Gasteiger partial charge on any atom is 0.167 e. The average molecular weight is 278 g/mol. The number of hydrogen-bond donors (Lipinski definition) is 2. The molecule has 3 heterocycles. The minimum absolute atomic E-state index is 0.304. The number of ether oxygens (including phenoxy) is 1. The van der Waals surface area contributed by atoms with Crippen molar-refractivity contribution in [1.29, 1.82) is 0 Å². The molecule has 0 saturated carbocycles. The molecule has 0 aromatic carbocycles. The molecular weight excluding hydrogens is 260 g/mol. The van der Waals surface area contributed by atoms with Gasteiger partial charge in [-0.3, -0.25) is 4.57 Å². The second-order valence-electron chi connectivity index (χ2n) is 5.12. The fraction of sp³-hybridized carbons (Fsp3) is 0.583. The molecule has 0 radical (unpaired) electrons. The normalized spacial score (nSPS) is 26.9. The predicted octanol–water partition coefficient (Wildman–Crippen LogP) is -0.501. The van der Waals surface area contributed by atoms with Crippen LogP contribution in [0.3, 0.4) is 0 Å². The van der Waals surface area contributed by atoms with Crippen molar-refractivity contribution in [2.45, 2.75) is 24.8 Å². The largest absolute Gasteiger partial charge is 0.387 e. The second kappa shape index (κ2) is 4.97. The summed E-state index contributed by atoms with van der Waals surface area (Å²) in [4.78, 5) is 14.7. The van der Waals surface area contributed by atoms with Crippen molar-refractivity contribution in [2.24, 2.45) is 5.73 Å². The van der Waals surface area contributed by atoms with Gasteiger partial charge in [0.15, 0.2) is 23.2 Å². The monoisotopic (exact) mass is 278 g/mol. The molecule has 3 N–H and O–H groups in total. The van der Waals surface area contributed by atoms with Crippen molar-refractivity contribution in [3.05, 3.63) is 12.7 Å². The first-order valence-electron chi connectivity index (χ1n) is 6.49. The molecule has 1 aliphatic rings. The van der Waals surface area contributed by atoms with E-state index in [0.717, 1.165) is 5.82 Å². The van der Waals surface area contributed by atoms with E-state index in [2.05, 4.69) is 15.0 Å². The minimum atomic E-state index is -0.779. The highest BCUT2D eigenvalue weighted by Crippen LogP contribution is 2.27. The van der Waals surface area contributed by atoms with Gasteiger partial charge in [-0.2, -0.15) is 0 Å². The van der Waals surface area contributed by atoms with Crippen LogP contribution >= 0.6 is 0 Å². The third-order valence-corrected chi connectivity index (χ3v) is 3.51. The van der Waals surface area contributed by atoms with E-state index >= 15 is 0 Å². The Morgan fingerprint density at radius 3 is 2.95 bits per heavy atom. The van der Waals surface area contributed by atoms with E-state index in [1.807, 2.05) is 19.0 Å². The van der Waals surface area contributed by atoms with E-state index in [9.17, 15) is 5.11 Å². The van der Waals surface area contributed by atoms with Gasteiger partial charge < -0.3 is 20.5 Å². The summed E-state index contributed by atoms with van der Waals surface area (Å²) in [5.41, 5.74) is 7.19. The van der Waals surface area contributed by atoms with Gasteiger partial charge in [0, 0.05) is 20.1 Å². The van der Waals surface area contributed by atoms with Crippen LogP contribution in [0.25, 0.3) is 11.2 Å². The van der Waals surface area contributed by atoms with Gasteiger partial charge in [-0.1, -0.05) is 0 Å². The Morgan fingerprint density at radius 2 is 2.20 bits per heavy atom. The molecule has 3 atom stereocenters. The fourth-order valence-corrected chi connectivity index (χ4v) is 2.40. The molecule has 8 heteroatoms. The summed E-state index contributed by atoms with van der Waals surface area (Å²) in [6.45, 7) is 0.508. The number of aliphatic hydroxyl groups is 1. The molecule has 1 fully saturated rings. The molecule has 0 spiro atoms. The second-order valence-corrected chi connectivity index (χ2v) is 5.12. The number of anilines is 1. The first kappa shape index (κ1) is 13.2. The van der Waals surface area contributed by atoms with Gasteiger partial charge in [0.25, 0.3) is 0 Å². The smallest absolute Gasteiger partial charge is 0.167 e. The van der Waals surface area contributed by atoms with Gasteiger partial charge in [-0.05, 0) is 6.42 Å². The number of nitrogens with two attached hydrogens (primary N) is 1. The standard InChI is InChI=1S/C12H18N6O2/c1-17(2)10-8-11(15-5-14-10)18(6-16-8)12-9(19)7(13)3-4-20-12/h5-7,9,12,19H,3-4,13H2,1-2H3/t7-,9-,12-/m1/s1. The maximum absolute atomic E-state index is 10.2. The Hall–Kier alpha value is -1.77. The van der Waals surface area contributed by atoms with Gasteiger partial charge >= 0.3 is 0 Å². The van der Waals surface area contributed by atoms with E-state index in [1.165, 1.54) is 6.33 Å². The number of aromatic nitrogens is 4. The van der Waals surface area contributed by atoms with Crippen LogP contribution in [-0.4, -0.2) is 57.5 Å². The number of imidazole rings is 1. The molecule has 20 heavy (non-hydrogen) atoms. The summed E-state index contributed by atoms with van der Waals surface area (Å²) in [5, 5.41) is 10.2. The lowest BCUT2D eigenvalue weighted by Gasteiger charge is -2.33. The molecule has 2 aromatic heterocycles. The summed E-state index contributed by atoms with van der Waals surface area (Å²) < 4.78 is 7.35.